The molecule has 0 amide bonds. The molecule has 0 saturated heterocycles. The number of hydrogen-bond acceptors (Lipinski definition) is 3. The third kappa shape index (κ3) is 1.53. The number of benzene rings is 2. The highest BCUT2D eigenvalue weighted by molar-refractivity contribution is 7.91. The fraction of sp³-hybridized carbons (Fsp3) is 0.143. The molecular formula is C14H12O3S. The second-order valence-corrected chi connectivity index (χ2v) is 6.39. The molecule has 0 atom stereocenters. The lowest BCUT2D eigenvalue weighted by Gasteiger charge is -2.20. The van der Waals surface area contributed by atoms with Gasteiger partial charge < -0.3 is 4.74 Å². The summed E-state index contributed by atoms with van der Waals surface area (Å²) in [6.45, 7) is 3.77. The molecule has 2 aromatic rings. The Morgan fingerprint density at radius 1 is 0.833 bits per heavy atom. The van der Waals surface area contributed by atoms with E-state index < -0.39 is 9.84 Å². The van der Waals surface area contributed by atoms with Crippen molar-refractivity contribution < 1.29 is 13.2 Å². The molecule has 3 nitrogen and oxygen atoms in total. The average Bonchev–Trinajstić information content (AvgIpc) is 2.30. The van der Waals surface area contributed by atoms with E-state index in [1.165, 1.54) is 0 Å². The molecule has 4 heteroatoms. The Kier molecular flexibility index (Phi) is 2.25. The number of hydrogen-bond donors (Lipinski definition) is 0. The Hall–Kier alpha value is -1.81. The third-order valence-corrected chi connectivity index (χ3v) is 4.81. The number of ether oxygens (including phenoxy) is 1. The summed E-state index contributed by atoms with van der Waals surface area (Å²) >= 11 is 0. The fourth-order valence-corrected chi connectivity index (χ4v) is 3.63. The van der Waals surface area contributed by atoms with Gasteiger partial charge in [-0.2, -0.15) is 0 Å². The molecule has 0 unspecified atom stereocenters. The topological polar surface area (TPSA) is 43.4 Å². The molecule has 0 bridgehead atoms. The zero-order valence-electron chi connectivity index (χ0n) is 10.1. The van der Waals surface area contributed by atoms with Gasteiger partial charge in [-0.1, -0.05) is 12.1 Å². The number of fused-ring (bicyclic) bond motifs is 2. The maximum atomic E-state index is 12.5. The van der Waals surface area contributed by atoms with Crippen LogP contribution in [0.5, 0.6) is 11.5 Å². The van der Waals surface area contributed by atoms with Crippen molar-refractivity contribution in [1.82, 2.24) is 0 Å². The van der Waals surface area contributed by atoms with Gasteiger partial charge in [0.2, 0.25) is 9.84 Å². The van der Waals surface area contributed by atoms with E-state index in [4.69, 9.17) is 4.74 Å². The molecular weight excluding hydrogens is 248 g/mol. The van der Waals surface area contributed by atoms with Crippen LogP contribution in [0.3, 0.4) is 0 Å². The summed E-state index contributed by atoms with van der Waals surface area (Å²) in [5.74, 6) is 0.810. The van der Waals surface area contributed by atoms with Crippen LogP contribution >= 0.6 is 0 Å². The van der Waals surface area contributed by atoms with Crippen molar-refractivity contribution in [2.24, 2.45) is 0 Å². The monoisotopic (exact) mass is 260 g/mol. The summed E-state index contributed by atoms with van der Waals surface area (Å²) in [4.78, 5) is 0.491. The molecule has 0 saturated carbocycles. The molecule has 3 rings (SSSR count). The molecule has 18 heavy (non-hydrogen) atoms. The Bertz CT molecular complexity index is 746. The van der Waals surface area contributed by atoms with Gasteiger partial charge >= 0.3 is 0 Å². The molecule has 0 N–H and O–H groups in total. The molecule has 1 aliphatic rings. The minimum Gasteiger partial charge on any atom is -0.455 e. The van der Waals surface area contributed by atoms with Crippen molar-refractivity contribution in [3.63, 3.8) is 0 Å². The van der Waals surface area contributed by atoms with Crippen LogP contribution < -0.4 is 4.74 Å². The van der Waals surface area contributed by atoms with Crippen LogP contribution in [0.2, 0.25) is 0 Å². The van der Waals surface area contributed by atoms with Crippen LogP contribution in [0.15, 0.2) is 46.2 Å². The fourth-order valence-electron chi connectivity index (χ4n) is 2.06. The summed E-state index contributed by atoms with van der Waals surface area (Å²) in [6.07, 6.45) is 0. The van der Waals surface area contributed by atoms with Crippen LogP contribution in [0.25, 0.3) is 0 Å². The van der Waals surface area contributed by atoms with Crippen molar-refractivity contribution in [3.8, 4) is 11.5 Å². The van der Waals surface area contributed by atoms with Gasteiger partial charge in [-0.05, 0) is 49.2 Å². The van der Waals surface area contributed by atoms with Crippen LogP contribution in [-0.4, -0.2) is 8.42 Å². The van der Waals surface area contributed by atoms with Crippen molar-refractivity contribution in [3.05, 3.63) is 47.5 Å². The minimum atomic E-state index is -3.47. The summed E-state index contributed by atoms with van der Waals surface area (Å²) in [7, 11) is -3.47. The van der Waals surface area contributed by atoms with E-state index in [1.54, 1.807) is 30.3 Å². The molecule has 0 radical (unpaired) electrons. The predicted octanol–water partition coefficient (Wildman–Crippen LogP) is 3.24. The lowest BCUT2D eigenvalue weighted by atomic mass is 10.2. The van der Waals surface area contributed by atoms with E-state index in [0.29, 0.717) is 11.5 Å². The van der Waals surface area contributed by atoms with Gasteiger partial charge in [0.1, 0.15) is 21.3 Å². The van der Waals surface area contributed by atoms with E-state index in [1.807, 2.05) is 19.9 Å². The summed E-state index contributed by atoms with van der Waals surface area (Å²) in [6, 6.07) is 10.3. The summed E-state index contributed by atoms with van der Waals surface area (Å²) in [5, 5.41) is 0. The van der Waals surface area contributed by atoms with Gasteiger partial charge in [-0.3, -0.25) is 0 Å². The van der Waals surface area contributed by atoms with Crippen molar-refractivity contribution in [2.45, 2.75) is 23.6 Å². The highest BCUT2D eigenvalue weighted by Gasteiger charge is 2.31. The van der Waals surface area contributed by atoms with Crippen LogP contribution in [0.4, 0.5) is 0 Å². The first kappa shape index (κ1) is 11.3. The van der Waals surface area contributed by atoms with Crippen molar-refractivity contribution in [1.29, 1.82) is 0 Å². The normalized spacial score (nSPS) is 15.4. The summed E-state index contributed by atoms with van der Waals surface area (Å²) in [5.41, 5.74) is 1.87. The molecule has 1 aliphatic heterocycles. The van der Waals surface area contributed by atoms with E-state index in [0.717, 1.165) is 11.1 Å². The minimum absolute atomic E-state index is 0.242. The first-order chi connectivity index (χ1) is 8.48. The first-order valence-electron chi connectivity index (χ1n) is 5.63. The quantitative estimate of drug-likeness (QED) is 0.623. The Morgan fingerprint density at radius 2 is 1.50 bits per heavy atom. The maximum Gasteiger partial charge on any atom is 0.213 e. The van der Waals surface area contributed by atoms with Gasteiger partial charge in [0.15, 0.2) is 0 Å². The van der Waals surface area contributed by atoms with Crippen molar-refractivity contribution >= 4 is 9.84 Å². The van der Waals surface area contributed by atoms with Crippen LogP contribution in [0.1, 0.15) is 11.1 Å². The average molecular weight is 260 g/mol. The molecule has 0 fully saturated rings. The van der Waals surface area contributed by atoms with Crippen LogP contribution in [-0.2, 0) is 9.84 Å². The zero-order chi connectivity index (χ0) is 12.9. The standard InChI is InChI=1S/C14H12O3S/c1-9-4-6-13-12(7-9)17-11-5-3-10(2)8-14(11)18(13,15)16/h3-8H,1-2H3. The van der Waals surface area contributed by atoms with E-state index >= 15 is 0 Å². The second-order valence-electron chi connectivity index (χ2n) is 4.51. The predicted molar refractivity (Wildman–Crippen MR) is 67.9 cm³/mol. The SMILES string of the molecule is Cc1ccc2c(c1)Oc1ccc(C)cc1S2(=O)=O. The molecule has 1 heterocycles. The van der Waals surface area contributed by atoms with Gasteiger partial charge in [0.05, 0.1) is 0 Å². The molecule has 92 valence electrons. The Morgan fingerprint density at radius 3 is 2.28 bits per heavy atom. The van der Waals surface area contributed by atoms with E-state index in [2.05, 4.69) is 0 Å². The highest BCUT2D eigenvalue weighted by atomic mass is 32.2. The third-order valence-electron chi connectivity index (χ3n) is 3.00. The van der Waals surface area contributed by atoms with Gasteiger partial charge in [0.25, 0.3) is 0 Å². The van der Waals surface area contributed by atoms with Gasteiger partial charge in [-0.25, -0.2) is 8.42 Å². The number of aryl methyl sites for hydroxylation is 2. The second kappa shape index (κ2) is 3.59. The lowest BCUT2D eigenvalue weighted by molar-refractivity contribution is 0.442. The molecule has 0 aromatic heterocycles. The van der Waals surface area contributed by atoms with Gasteiger partial charge in [-0.15, -0.1) is 0 Å². The largest absolute Gasteiger partial charge is 0.455 e. The molecule has 2 aromatic carbocycles. The smallest absolute Gasteiger partial charge is 0.213 e. The Labute approximate surface area is 106 Å². The first-order valence-corrected chi connectivity index (χ1v) is 7.11. The van der Waals surface area contributed by atoms with Gasteiger partial charge in [0, 0.05) is 0 Å². The van der Waals surface area contributed by atoms with Crippen LogP contribution in [0, 0.1) is 13.8 Å². The van der Waals surface area contributed by atoms with E-state index in [-0.39, 0.29) is 9.79 Å². The number of rotatable bonds is 0. The summed E-state index contributed by atoms with van der Waals surface area (Å²) < 4.78 is 30.6. The zero-order valence-corrected chi connectivity index (χ0v) is 10.9. The molecule has 0 aliphatic carbocycles. The Balaban J connectivity index is 2.33. The maximum absolute atomic E-state index is 12.5. The highest BCUT2D eigenvalue weighted by Crippen LogP contribution is 2.42. The number of sulfone groups is 1. The lowest BCUT2D eigenvalue weighted by Crippen LogP contribution is -2.11. The van der Waals surface area contributed by atoms with Crippen molar-refractivity contribution in [2.75, 3.05) is 0 Å². The van der Waals surface area contributed by atoms with E-state index in [9.17, 15) is 8.42 Å². The molecule has 0 spiro atoms.